The Labute approximate surface area is 246 Å². The molecule has 11 heteroatoms. The van der Waals surface area contributed by atoms with Crippen molar-refractivity contribution in [3.05, 3.63) is 100 Å². The molecule has 5 rings (SSSR count). The number of aromatic nitrogens is 1. The summed E-state index contributed by atoms with van der Waals surface area (Å²) in [5, 5.41) is 0.595. The van der Waals surface area contributed by atoms with E-state index in [9.17, 15) is 9.59 Å². The lowest BCUT2D eigenvalue weighted by Gasteiger charge is -2.26. The minimum Gasteiger partial charge on any atom is -0.493 e. The topological polar surface area (TPSA) is 92.3 Å². The van der Waals surface area contributed by atoms with Crippen molar-refractivity contribution in [3.63, 3.8) is 0 Å². The zero-order valence-electron chi connectivity index (χ0n) is 22.0. The van der Waals surface area contributed by atoms with E-state index in [1.165, 1.54) is 30.1 Å². The fourth-order valence-corrected chi connectivity index (χ4v) is 6.28. The number of esters is 1. The summed E-state index contributed by atoms with van der Waals surface area (Å²) in [5.41, 5.74) is 1.82. The van der Waals surface area contributed by atoms with Gasteiger partial charge in [0.15, 0.2) is 16.3 Å². The number of benzene rings is 2. The first kappa shape index (κ1) is 27.9. The number of fused-ring (bicyclic) bond motifs is 1. The van der Waals surface area contributed by atoms with Crippen molar-refractivity contribution < 1.29 is 23.4 Å². The molecular weight excluding hydrogens is 620 g/mol. The maximum Gasteiger partial charge on any atom is 0.338 e. The summed E-state index contributed by atoms with van der Waals surface area (Å²) in [6.07, 6.45) is 1.67. The van der Waals surface area contributed by atoms with Gasteiger partial charge in [-0.15, -0.1) is 0 Å². The van der Waals surface area contributed by atoms with Crippen LogP contribution in [-0.2, 0) is 9.53 Å². The van der Waals surface area contributed by atoms with Crippen molar-refractivity contribution >= 4 is 50.9 Å². The van der Waals surface area contributed by atoms with Crippen molar-refractivity contribution in [2.75, 3.05) is 20.8 Å². The number of methoxy groups -OCH3 is 2. The van der Waals surface area contributed by atoms with Crippen LogP contribution in [0.3, 0.4) is 0 Å². The molecule has 40 heavy (non-hydrogen) atoms. The first-order valence-electron chi connectivity index (χ1n) is 12.2. The van der Waals surface area contributed by atoms with Gasteiger partial charge in [0, 0.05) is 21.1 Å². The van der Waals surface area contributed by atoms with Crippen LogP contribution in [0, 0.1) is 0 Å². The Kier molecular flexibility index (Phi) is 8.02. The predicted molar refractivity (Wildman–Crippen MR) is 157 cm³/mol. The van der Waals surface area contributed by atoms with E-state index in [0.29, 0.717) is 53.1 Å². The van der Waals surface area contributed by atoms with Gasteiger partial charge < -0.3 is 18.6 Å². The number of halogens is 2. The molecule has 3 heterocycles. The van der Waals surface area contributed by atoms with Crippen molar-refractivity contribution in [2.24, 2.45) is 4.99 Å². The van der Waals surface area contributed by atoms with Crippen LogP contribution in [0.4, 0.5) is 0 Å². The molecule has 0 N–H and O–H groups in total. The van der Waals surface area contributed by atoms with Gasteiger partial charge in [-0.25, -0.2) is 9.79 Å². The van der Waals surface area contributed by atoms with E-state index in [0.717, 1.165) is 5.56 Å². The van der Waals surface area contributed by atoms with Crippen molar-refractivity contribution in [1.29, 1.82) is 0 Å². The van der Waals surface area contributed by atoms with E-state index in [2.05, 4.69) is 20.9 Å². The van der Waals surface area contributed by atoms with E-state index in [1.54, 1.807) is 50.3 Å². The molecule has 1 aliphatic rings. The highest BCUT2D eigenvalue weighted by Gasteiger charge is 2.35. The molecule has 0 amide bonds. The molecule has 2 aromatic carbocycles. The predicted octanol–water partition coefficient (Wildman–Crippen LogP) is 5.49. The molecule has 0 aliphatic carbocycles. The lowest BCUT2D eigenvalue weighted by atomic mass is 9.95. The minimum absolute atomic E-state index is 0.174. The van der Waals surface area contributed by atoms with Crippen molar-refractivity contribution in [3.8, 4) is 22.8 Å². The van der Waals surface area contributed by atoms with E-state index >= 15 is 0 Å². The number of carbonyl (C=O) groups is 1. The first-order valence-corrected chi connectivity index (χ1v) is 14.2. The molecule has 0 bridgehead atoms. The Balaban J connectivity index is 1.69. The maximum absolute atomic E-state index is 13.9. The molecule has 0 fully saturated rings. The number of carbonyl (C=O) groups excluding carboxylic acids is 1. The Hall–Kier alpha value is -3.60. The summed E-state index contributed by atoms with van der Waals surface area (Å²) in [6.45, 7) is 3.63. The van der Waals surface area contributed by atoms with Crippen molar-refractivity contribution in [1.82, 2.24) is 4.57 Å². The van der Waals surface area contributed by atoms with Crippen LogP contribution >= 0.6 is 38.9 Å². The number of nitrogens with zero attached hydrogens (tertiary/aromatic N) is 2. The van der Waals surface area contributed by atoms with Gasteiger partial charge in [0.25, 0.3) is 5.56 Å². The lowest BCUT2D eigenvalue weighted by Crippen LogP contribution is -2.40. The molecule has 0 saturated heterocycles. The van der Waals surface area contributed by atoms with Gasteiger partial charge in [0.1, 0.15) is 11.5 Å². The van der Waals surface area contributed by atoms with Gasteiger partial charge in [-0.05, 0) is 55.8 Å². The van der Waals surface area contributed by atoms with Crippen LogP contribution in [0.2, 0.25) is 5.02 Å². The van der Waals surface area contributed by atoms with Gasteiger partial charge >= 0.3 is 5.97 Å². The summed E-state index contributed by atoms with van der Waals surface area (Å²) >= 11 is 10.9. The number of allylic oxidation sites excluding steroid dienone is 1. The molecule has 0 spiro atoms. The van der Waals surface area contributed by atoms with Gasteiger partial charge in [0.2, 0.25) is 0 Å². The Morgan fingerprint density at radius 3 is 2.62 bits per heavy atom. The average molecular weight is 644 g/mol. The third-order valence-electron chi connectivity index (χ3n) is 6.32. The number of thiazole rings is 1. The van der Waals surface area contributed by atoms with E-state index in [-0.39, 0.29) is 17.7 Å². The summed E-state index contributed by atoms with van der Waals surface area (Å²) in [7, 11) is 3.06. The molecule has 206 valence electrons. The number of rotatable bonds is 7. The van der Waals surface area contributed by atoms with Gasteiger partial charge in [0.05, 0.1) is 42.7 Å². The lowest BCUT2D eigenvalue weighted by molar-refractivity contribution is -0.139. The summed E-state index contributed by atoms with van der Waals surface area (Å²) in [6, 6.07) is 13.6. The molecule has 0 radical (unpaired) electrons. The van der Waals surface area contributed by atoms with E-state index in [1.807, 2.05) is 18.2 Å². The SMILES string of the molecule is CCOC(=O)C1=C(C)N=c2s/c(=C\c3ccc(-c4cccc(Cl)c4)o3)c(=O)n2[C@H]1c1cc(OC)c(OC)cc1Br. The maximum atomic E-state index is 13.9. The number of furan rings is 1. The molecule has 2 aromatic heterocycles. The van der Waals surface area contributed by atoms with E-state index < -0.39 is 12.0 Å². The molecular formula is C29H24BrClN2O6S. The Morgan fingerprint density at radius 1 is 1.18 bits per heavy atom. The number of hydrogen-bond donors (Lipinski definition) is 0. The fraction of sp³-hybridized carbons (Fsp3) is 0.207. The smallest absolute Gasteiger partial charge is 0.338 e. The normalized spacial score (nSPS) is 15.1. The number of hydrogen-bond acceptors (Lipinski definition) is 8. The Morgan fingerprint density at radius 2 is 1.93 bits per heavy atom. The molecule has 1 aliphatic heterocycles. The Bertz CT molecular complexity index is 1840. The number of ether oxygens (including phenoxy) is 3. The summed E-state index contributed by atoms with van der Waals surface area (Å²) < 4.78 is 24.9. The molecule has 0 unspecified atom stereocenters. The second-order valence-corrected chi connectivity index (χ2v) is 11.0. The molecule has 1 atom stereocenters. The zero-order chi connectivity index (χ0) is 28.6. The van der Waals surface area contributed by atoms with Crippen LogP contribution in [-0.4, -0.2) is 31.4 Å². The third kappa shape index (κ3) is 5.14. The van der Waals surface area contributed by atoms with Gasteiger partial charge in [-0.2, -0.15) is 0 Å². The summed E-state index contributed by atoms with van der Waals surface area (Å²) in [4.78, 5) is 32.2. The third-order valence-corrected chi connectivity index (χ3v) is 8.23. The second kappa shape index (κ2) is 11.5. The highest BCUT2D eigenvalue weighted by molar-refractivity contribution is 9.10. The molecule has 4 aromatic rings. The van der Waals surface area contributed by atoms with Crippen LogP contribution < -0.4 is 24.4 Å². The van der Waals surface area contributed by atoms with Gasteiger partial charge in [-0.3, -0.25) is 9.36 Å². The van der Waals surface area contributed by atoms with Crippen LogP contribution in [0.5, 0.6) is 11.5 Å². The minimum atomic E-state index is -0.828. The van der Waals surface area contributed by atoms with Crippen molar-refractivity contribution in [2.45, 2.75) is 19.9 Å². The fourth-order valence-electron chi connectivity index (χ4n) is 4.52. The first-order chi connectivity index (χ1) is 19.2. The highest BCUT2D eigenvalue weighted by atomic mass is 79.9. The molecule has 8 nitrogen and oxygen atoms in total. The van der Waals surface area contributed by atoms with Crippen LogP contribution in [0.15, 0.2) is 78.5 Å². The summed E-state index contributed by atoms with van der Waals surface area (Å²) in [5.74, 6) is 1.50. The van der Waals surface area contributed by atoms with Crippen LogP contribution in [0.25, 0.3) is 17.4 Å². The largest absolute Gasteiger partial charge is 0.493 e. The standard InChI is InChI=1S/C29H24BrClN2O6S/c1-5-38-28(35)25-15(2)32-29-33(26(25)19-13-22(36-3)23(37-4)14-20(19)30)27(34)24(40-29)12-18-9-10-21(39-18)16-7-6-8-17(31)11-16/h6-14,26H,5H2,1-4H3/b24-12-/t26-/m0/s1. The quantitative estimate of drug-likeness (QED) is 0.247. The molecule has 0 saturated carbocycles. The van der Waals surface area contributed by atoms with Crippen LogP contribution in [0.1, 0.15) is 31.2 Å². The van der Waals surface area contributed by atoms with Gasteiger partial charge in [-0.1, -0.05) is 51.0 Å². The average Bonchev–Trinajstić information content (AvgIpc) is 3.52. The second-order valence-electron chi connectivity index (χ2n) is 8.74. The zero-order valence-corrected chi connectivity index (χ0v) is 25.1. The monoisotopic (exact) mass is 642 g/mol. The highest BCUT2D eigenvalue weighted by Crippen LogP contribution is 2.40. The van der Waals surface area contributed by atoms with E-state index in [4.69, 9.17) is 30.2 Å².